The van der Waals surface area contributed by atoms with Gasteiger partial charge in [-0.15, -0.1) is 0 Å². The summed E-state index contributed by atoms with van der Waals surface area (Å²) < 4.78 is 9.77. The van der Waals surface area contributed by atoms with Gasteiger partial charge in [0.1, 0.15) is 5.82 Å². The summed E-state index contributed by atoms with van der Waals surface area (Å²) in [6, 6.07) is 0. The molecule has 1 aromatic rings. The predicted molar refractivity (Wildman–Crippen MR) is 72.8 cm³/mol. The van der Waals surface area contributed by atoms with Gasteiger partial charge in [0.15, 0.2) is 0 Å². The minimum absolute atomic E-state index is 0.333. The molecule has 98 valence electrons. The molecule has 0 aliphatic carbocycles. The highest BCUT2D eigenvalue weighted by Gasteiger charge is 2.06. The van der Waals surface area contributed by atoms with Crippen molar-refractivity contribution in [3.8, 4) is 0 Å². The molecule has 0 spiro atoms. The molecule has 4 nitrogen and oxygen atoms in total. The Morgan fingerprint density at radius 3 is 2.59 bits per heavy atom. The normalized spacial score (nSPS) is 11.4. The van der Waals surface area contributed by atoms with Crippen LogP contribution in [0.5, 0.6) is 0 Å². The van der Waals surface area contributed by atoms with Crippen molar-refractivity contribution in [2.24, 2.45) is 0 Å². The van der Waals surface area contributed by atoms with E-state index < -0.39 is 0 Å². The van der Waals surface area contributed by atoms with Crippen LogP contribution in [0.3, 0.4) is 0 Å². The van der Waals surface area contributed by atoms with Crippen LogP contribution in [0.4, 0.5) is 5.13 Å². The van der Waals surface area contributed by atoms with Crippen LogP contribution >= 0.6 is 11.5 Å². The molecule has 0 aromatic carbocycles. The number of aromatic nitrogens is 2. The van der Waals surface area contributed by atoms with Crippen LogP contribution < -0.4 is 5.32 Å². The van der Waals surface area contributed by atoms with Gasteiger partial charge in [-0.25, -0.2) is 4.98 Å². The minimum atomic E-state index is 0.333. The van der Waals surface area contributed by atoms with Crippen LogP contribution in [0.1, 0.15) is 52.3 Å². The van der Waals surface area contributed by atoms with Crippen molar-refractivity contribution in [1.29, 1.82) is 0 Å². The first-order valence-electron chi connectivity index (χ1n) is 6.28. The fourth-order valence-corrected chi connectivity index (χ4v) is 2.02. The number of unbranched alkanes of at least 4 members (excludes halogenated alkanes) is 1. The van der Waals surface area contributed by atoms with Gasteiger partial charge in [-0.3, -0.25) is 0 Å². The second-order valence-corrected chi connectivity index (χ2v) is 5.42. The van der Waals surface area contributed by atoms with E-state index in [9.17, 15) is 0 Å². The van der Waals surface area contributed by atoms with Crippen molar-refractivity contribution >= 4 is 16.7 Å². The molecule has 0 bridgehead atoms. The second kappa shape index (κ2) is 7.61. The topological polar surface area (TPSA) is 47.0 Å². The Morgan fingerprint density at radius 2 is 2.00 bits per heavy atom. The van der Waals surface area contributed by atoms with Gasteiger partial charge in [0.2, 0.25) is 5.13 Å². The molecule has 0 atom stereocenters. The van der Waals surface area contributed by atoms with E-state index in [0.717, 1.165) is 36.9 Å². The maximum Gasteiger partial charge on any atom is 0.202 e. The summed E-state index contributed by atoms with van der Waals surface area (Å²) in [7, 11) is 0. The molecule has 0 amide bonds. The molecule has 0 aliphatic rings. The Morgan fingerprint density at radius 1 is 1.24 bits per heavy atom. The van der Waals surface area contributed by atoms with E-state index in [0.29, 0.717) is 12.0 Å². The van der Waals surface area contributed by atoms with Gasteiger partial charge in [0, 0.05) is 30.6 Å². The number of anilines is 1. The van der Waals surface area contributed by atoms with Crippen molar-refractivity contribution in [1.82, 2.24) is 9.36 Å². The minimum Gasteiger partial charge on any atom is -0.379 e. The van der Waals surface area contributed by atoms with Crippen LogP contribution in [0, 0.1) is 0 Å². The van der Waals surface area contributed by atoms with Gasteiger partial charge in [-0.05, 0) is 26.7 Å². The molecule has 0 saturated heterocycles. The number of hydrogen-bond donors (Lipinski definition) is 1. The number of ether oxygens (including phenoxy) is 1. The Bertz CT molecular complexity index is 312. The van der Waals surface area contributed by atoms with Crippen molar-refractivity contribution in [2.75, 3.05) is 18.5 Å². The van der Waals surface area contributed by atoms with Gasteiger partial charge in [-0.2, -0.15) is 4.37 Å². The third-order valence-corrected chi connectivity index (χ3v) is 2.94. The van der Waals surface area contributed by atoms with Crippen molar-refractivity contribution in [3.63, 3.8) is 0 Å². The highest BCUT2D eigenvalue weighted by molar-refractivity contribution is 7.09. The van der Waals surface area contributed by atoms with Gasteiger partial charge in [0.25, 0.3) is 0 Å². The van der Waals surface area contributed by atoms with Gasteiger partial charge in [-0.1, -0.05) is 13.8 Å². The fraction of sp³-hybridized carbons (Fsp3) is 0.833. The lowest BCUT2D eigenvalue weighted by Gasteiger charge is -2.07. The third-order valence-electron chi connectivity index (χ3n) is 2.26. The Labute approximate surface area is 108 Å². The molecular weight excluding hydrogens is 234 g/mol. The average molecular weight is 257 g/mol. The summed E-state index contributed by atoms with van der Waals surface area (Å²) >= 11 is 1.44. The van der Waals surface area contributed by atoms with Crippen LogP contribution in [-0.4, -0.2) is 28.6 Å². The zero-order valence-electron chi connectivity index (χ0n) is 11.2. The van der Waals surface area contributed by atoms with Crippen LogP contribution in [0.2, 0.25) is 0 Å². The molecule has 1 aromatic heterocycles. The van der Waals surface area contributed by atoms with Crippen LogP contribution in [0.25, 0.3) is 0 Å². The fourth-order valence-electron chi connectivity index (χ4n) is 1.28. The molecular formula is C12H23N3OS. The zero-order valence-corrected chi connectivity index (χ0v) is 12.0. The van der Waals surface area contributed by atoms with Crippen molar-refractivity contribution in [3.05, 3.63) is 5.82 Å². The van der Waals surface area contributed by atoms with E-state index in [2.05, 4.69) is 42.4 Å². The molecule has 1 N–H and O–H groups in total. The quantitative estimate of drug-likeness (QED) is 0.726. The zero-order chi connectivity index (χ0) is 12.7. The highest BCUT2D eigenvalue weighted by Crippen LogP contribution is 2.17. The maximum atomic E-state index is 5.48. The summed E-state index contributed by atoms with van der Waals surface area (Å²) in [6.07, 6.45) is 2.52. The Hall–Kier alpha value is -0.680. The van der Waals surface area contributed by atoms with E-state index in [-0.39, 0.29) is 0 Å². The summed E-state index contributed by atoms with van der Waals surface area (Å²) in [4.78, 5) is 4.42. The highest BCUT2D eigenvalue weighted by atomic mass is 32.1. The van der Waals surface area contributed by atoms with E-state index in [4.69, 9.17) is 4.74 Å². The number of nitrogens with one attached hydrogen (secondary N) is 1. The van der Waals surface area contributed by atoms with Crippen molar-refractivity contribution in [2.45, 2.75) is 52.6 Å². The number of rotatable bonds is 8. The first-order chi connectivity index (χ1) is 8.09. The molecule has 17 heavy (non-hydrogen) atoms. The summed E-state index contributed by atoms with van der Waals surface area (Å²) in [5.41, 5.74) is 0. The van der Waals surface area contributed by atoms with Gasteiger partial charge in [0.05, 0.1) is 6.10 Å². The lowest BCUT2D eigenvalue weighted by Crippen LogP contribution is -2.07. The SMILES string of the molecule is CC(C)OCCCCNc1nc(C(C)C)ns1. The molecule has 1 heterocycles. The molecule has 0 radical (unpaired) electrons. The Kier molecular flexibility index (Phi) is 6.44. The van der Waals surface area contributed by atoms with E-state index in [1.807, 2.05) is 0 Å². The van der Waals surface area contributed by atoms with Gasteiger partial charge >= 0.3 is 0 Å². The Balaban J connectivity index is 2.09. The smallest absolute Gasteiger partial charge is 0.202 e. The average Bonchev–Trinajstić information content (AvgIpc) is 2.71. The van der Waals surface area contributed by atoms with Crippen LogP contribution in [0.15, 0.2) is 0 Å². The summed E-state index contributed by atoms with van der Waals surface area (Å²) in [5.74, 6) is 1.34. The first kappa shape index (κ1) is 14.4. The lowest BCUT2D eigenvalue weighted by molar-refractivity contribution is 0.0765. The second-order valence-electron chi connectivity index (χ2n) is 4.67. The molecule has 0 fully saturated rings. The molecule has 5 heteroatoms. The van der Waals surface area contributed by atoms with Gasteiger partial charge < -0.3 is 10.1 Å². The number of hydrogen-bond acceptors (Lipinski definition) is 5. The predicted octanol–water partition coefficient (Wildman–Crippen LogP) is 3.28. The van der Waals surface area contributed by atoms with E-state index >= 15 is 0 Å². The summed E-state index contributed by atoms with van der Waals surface area (Å²) in [6.45, 7) is 10.1. The summed E-state index contributed by atoms with van der Waals surface area (Å²) in [5, 5.41) is 4.23. The maximum absolute atomic E-state index is 5.48. The van der Waals surface area contributed by atoms with E-state index in [1.54, 1.807) is 0 Å². The first-order valence-corrected chi connectivity index (χ1v) is 7.06. The van der Waals surface area contributed by atoms with E-state index in [1.165, 1.54) is 11.5 Å². The standard InChI is InChI=1S/C12H23N3OS/c1-9(2)11-14-12(17-15-11)13-7-5-6-8-16-10(3)4/h9-10H,5-8H2,1-4H3,(H,13,14,15). The largest absolute Gasteiger partial charge is 0.379 e. The molecule has 0 unspecified atom stereocenters. The monoisotopic (exact) mass is 257 g/mol. The molecule has 0 saturated carbocycles. The van der Waals surface area contributed by atoms with Crippen LogP contribution in [-0.2, 0) is 4.74 Å². The third kappa shape index (κ3) is 5.98. The van der Waals surface area contributed by atoms with Crippen molar-refractivity contribution < 1.29 is 4.74 Å². The lowest BCUT2D eigenvalue weighted by atomic mass is 10.2. The molecule has 0 aliphatic heterocycles. The number of nitrogens with zero attached hydrogens (tertiary/aromatic N) is 2. The molecule has 1 rings (SSSR count).